The number of nitrogens with one attached hydrogen (secondary N) is 1. The van der Waals surface area contributed by atoms with Crippen LogP contribution in [0.15, 0.2) is 54.6 Å². The summed E-state index contributed by atoms with van der Waals surface area (Å²) in [7, 11) is 0. The zero-order valence-corrected chi connectivity index (χ0v) is 15.3. The topological polar surface area (TPSA) is 41.6 Å². The second-order valence-electron chi connectivity index (χ2n) is 7.29. The Morgan fingerprint density at radius 1 is 1.15 bits per heavy atom. The average Bonchev–Trinajstić information content (AvgIpc) is 3.30. The van der Waals surface area contributed by atoms with Gasteiger partial charge in [0.2, 0.25) is 5.91 Å². The Morgan fingerprint density at radius 2 is 1.93 bits per heavy atom. The van der Waals surface area contributed by atoms with Gasteiger partial charge in [-0.25, -0.2) is 4.39 Å². The molecule has 0 spiro atoms. The van der Waals surface area contributed by atoms with Crippen molar-refractivity contribution in [3.05, 3.63) is 66.0 Å². The van der Waals surface area contributed by atoms with Crippen LogP contribution in [0.5, 0.6) is 5.75 Å². The van der Waals surface area contributed by atoms with Crippen molar-refractivity contribution in [2.75, 3.05) is 19.7 Å². The Labute approximate surface area is 159 Å². The third-order valence-corrected chi connectivity index (χ3v) is 5.70. The van der Waals surface area contributed by atoms with Gasteiger partial charge in [-0.05, 0) is 43.5 Å². The van der Waals surface area contributed by atoms with Crippen molar-refractivity contribution in [2.24, 2.45) is 5.92 Å². The van der Waals surface area contributed by atoms with E-state index in [9.17, 15) is 9.18 Å². The van der Waals surface area contributed by atoms with E-state index < -0.39 is 0 Å². The van der Waals surface area contributed by atoms with Gasteiger partial charge in [0.25, 0.3) is 0 Å². The molecule has 0 unspecified atom stereocenters. The minimum Gasteiger partial charge on any atom is -0.489 e. The lowest BCUT2D eigenvalue weighted by Crippen LogP contribution is -2.39. The fourth-order valence-corrected chi connectivity index (χ4v) is 4.48. The first-order valence-electron chi connectivity index (χ1n) is 9.70. The first kappa shape index (κ1) is 18.0. The molecule has 0 aliphatic carbocycles. The molecule has 2 fully saturated rings. The summed E-state index contributed by atoms with van der Waals surface area (Å²) in [6, 6.07) is 17.4. The van der Waals surface area contributed by atoms with E-state index >= 15 is 0 Å². The maximum Gasteiger partial charge on any atom is 0.224 e. The Morgan fingerprint density at radius 3 is 2.74 bits per heavy atom. The molecule has 0 bridgehead atoms. The fraction of sp³-hybridized carbons (Fsp3) is 0.409. The molecule has 2 aliphatic rings. The van der Waals surface area contributed by atoms with Crippen molar-refractivity contribution >= 4 is 5.91 Å². The first-order chi connectivity index (χ1) is 13.2. The van der Waals surface area contributed by atoms with E-state index in [0.29, 0.717) is 18.6 Å². The van der Waals surface area contributed by atoms with Crippen molar-refractivity contribution in [1.82, 2.24) is 10.2 Å². The van der Waals surface area contributed by atoms with E-state index in [0.717, 1.165) is 25.8 Å². The molecule has 2 aliphatic heterocycles. The summed E-state index contributed by atoms with van der Waals surface area (Å²) in [6.07, 6.45) is 3.08. The normalized spacial score (nSPS) is 24.6. The molecule has 4 rings (SSSR count). The predicted molar refractivity (Wildman–Crippen MR) is 102 cm³/mol. The van der Waals surface area contributed by atoms with Crippen molar-refractivity contribution in [2.45, 2.75) is 31.3 Å². The Hall–Kier alpha value is -2.40. The largest absolute Gasteiger partial charge is 0.489 e. The molecule has 2 aromatic carbocycles. The van der Waals surface area contributed by atoms with Crippen LogP contribution in [0.25, 0.3) is 0 Å². The van der Waals surface area contributed by atoms with Gasteiger partial charge in [-0.1, -0.05) is 42.5 Å². The van der Waals surface area contributed by atoms with E-state index in [-0.39, 0.29) is 30.0 Å². The number of carbonyl (C=O) groups excluding carboxylic acids is 1. The molecule has 0 aromatic heterocycles. The van der Waals surface area contributed by atoms with E-state index in [1.165, 1.54) is 11.6 Å². The lowest BCUT2D eigenvalue weighted by atomic mass is 9.93. The van der Waals surface area contributed by atoms with Gasteiger partial charge < -0.3 is 10.1 Å². The van der Waals surface area contributed by atoms with Crippen LogP contribution in [0, 0.1) is 11.7 Å². The highest BCUT2D eigenvalue weighted by Crippen LogP contribution is 2.44. The van der Waals surface area contributed by atoms with Crippen LogP contribution in [0.1, 0.15) is 30.9 Å². The number of hydrogen-bond donors (Lipinski definition) is 1. The van der Waals surface area contributed by atoms with Gasteiger partial charge in [-0.3, -0.25) is 9.69 Å². The molecular weight excluding hydrogens is 343 g/mol. The number of rotatable bonds is 6. The number of hydrogen-bond acceptors (Lipinski definition) is 3. The molecule has 2 saturated heterocycles. The van der Waals surface area contributed by atoms with E-state index in [4.69, 9.17) is 4.74 Å². The molecule has 1 N–H and O–H groups in total. The molecule has 3 atom stereocenters. The van der Waals surface area contributed by atoms with E-state index in [1.807, 2.05) is 6.07 Å². The van der Waals surface area contributed by atoms with Crippen LogP contribution < -0.4 is 10.1 Å². The van der Waals surface area contributed by atoms with Crippen LogP contribution in [-0.4, -0.2) is 36.5 Å². The molecule has 2 aromatic rings. The Bertz CT molecular complexity index is 783. The van der Waals surface area contributed by atoms with Crippen molar-refractivity contribution in [1.29, 1.82) is 0 Å². The van der Waals surface area contributed by atoms with E-state index in [1.54, 1.807) is 18.2 Å². The first-order valence-corrected chi connectivity index (χ1v) is 9.70. The molecule has 0 radical (unpaired) electrons. The third-order valence-electron chi connectivity index (χ3n) is 5.70. The molecule has 142 valence electrons. The number of para-hydroxylation sites is 1. The number of nitrogens with zero attached hydrogens (tertiary/aromatic N) is 1. The van der Waals surface area contributed by atoms with E-state index in [2.05, 4.69) is 34.5 Å². The summed E-state index contributed by atoms with van der Waals surface area (Å²) in [5.74, 6) is -0.0701. The van der Waals surface area contributed by atoms with Crippen molar-refractivity contribution in [3.63, 3.8) is 0 Å². The second kappa shape index (κ2) is 8.09. The lowest BCUT2D eigenvalue weighted by Gasteiger charge is -2.24. The van der Waals surface area contributed by atoms with Crippen molar-refractivity contribution < 1.29 is 13.9 Å². The zero-order chi connectivity index (χ0) is 18.6. The summed E-state index contributed by atoms with van der Waals surface area (Å²) < 4.78 is 19.0. The molecule has 0 saturated carbocycles. The summed E-state index contributed by atoms with van der Waals surface area (Å²) in [4.78, 5) is 15.3. The maximum absolute atomic E-state index is 13.6. The van der Waals surface area contributed by atoms with Crippen LogP contribution >= 0.6 is 0 Å². The monoisotopic (exact) mass is 368 g/mol. The van der Waals surface area contributed by atoms with Gasteiger partial charge in [-0.15, -0.1) is 0 Å². The third kappa shape index (κ3) is 3.83. The number of fused-ring (bicyclic) bond motifs is 1. The predicted octanol–water partition coefficient (Wildman–Crippen LogP) is 3.55. The minimum atomic E-state index is -0.382. The highest BCUT2D eigenvalue weighted by molar-refractivity contribution is 5.80. The number of ether oxygens (including phenoxy) is 1. The highest BCUT2D eigenvalue weighted by atomic mass is 19.1. The second-order valence-corrected chi connectivity index (χ2v) is 7.29. The molecule has 1 amide bonds. The number of amides is 1. The fourth-order valence-electron chi connectivity index (χ4n) is 4.48. The van der Waals surface area contributed by atoms with Gasteiger partial charge >= 0.3 is 0 Å². The van der Waals surface area contributed by atoms with Crippen LogP contribution in [-0.2, 0) is 4.79 Å². The number of halogens is 1. The lowest BCUT2D eigenvalue weighted by molar-refractivity contribution is -0.125. The Kier molecular flexibility index (Phi) is 5.39. The molecule has 4 nitrogen and oxygen atoms in total. The van der Waals surface area contributed by atoms with Gasteiger partial charge in [0.1, 0.15) is 6.61 Å². The van der Waals surface area contributed by atoms with Crippen LogP contribution in [0.3, 0.4) is 0 Å². The molecule has 5 heteroatoms. The maximum atomic E-state index is 13.6. The highest BCUT2D eigenvalue weighted by Gasteiger charge is 2.46. The summed E-state index contributed by atoms with van der Waals surface area (Å²) in [5, 5.41) is 2.99. The molecule has 2 heterocycles. The van der Waals surface area contributed by atoms with Crippen molar-refractivity contribution in [3.8, 4) is 5.75 Å². The summed E-state index contributed by atoms with van der Waals surface area (Å²) in [6.45, 7) is 1.70. The zero-order valence-electron chi connectivity index (χ0n) is 15.3. The molecular formula is C22H25FN2O2. The van der Waals surface area contributed by atoms with Gasteiger partial charge in [0, 0.05) is 12.1 Å². The SMILES string of the molecule is O=C(NCCOc1ccccc1F)[C@@H]1C[C@H](c2ccccc2)N2CCC[C@@H]12. The van der Waals surface area contributed by atoms with Crippen LogP contribution in [0.2, 0.25) is 0 Å². The summed E-state index contributed by atoms with van der Waals surface area (Å²) >= 11 is 0. The van der Waals surface area contributed by atoms with Gasteiger partial charge in [0.05, 0.1) is 12.5 Å². The minimum absolute atomic E-state index is 0.00571. The number of benzene rings is 2. The standard InChI is InChI=1S/C22H25FN2O2/c23-18-9-4-5-11-21(18)27-14-12-24-22(26)17-15-20(16-7-2-1-3-8-16)25-13-6-10-19(17)25/h1-5,7-9,11,17,19-20H,6,10,12-15H2,(H,24,26)/t17-,19+,20-/m1/s1. The number of carbonyl (C=O) groups is 1. The van der Waals surface area contributed by atoms with Crippen LogP contribution in [0.4, 0.5) is 4.39 Å². The quantitative estimate of drug-likeness (QED) is 0.793. The Balaban J connectivity index is 1.33. The molecule has 27 heavy (non-hydrogen) atoms. The van der Waals surface area contributed by atoms with Gasteiger partial charge in [0.15, 0.2) is 11.6 Å². The average molecular weight is 368 g/mol. The van der Waals surface area contributed by atoms with Gasteiger partial charge in [-0.2, -0.15) is 0 Å². The summed E-state index contributed by atoms with van der Waals surface area (Å²) in [5.41, 5.74) is 1.29. The smallest absolute Gasteiger partial charge is 0.224 e.